The molecule has 0 aliphatic heterocycles. The summed E-state index contributed by atoms with van der Waals surface area (Å²) in [5.41, 5.74) is 4.46. The highest BCUT2D eigenvalue weighted by molar-refractivity contribution is 5.70. The van der Waals surface area contributed by atoms with E-state index in [9.17, 15) is 15.3 Å². The van der Waals surface area contributed by atoms with Crippen LogP contribution in [0.4, 0.5) is 0 Å². The predicted octanol–water partition coefficient (Wildman–Crippen LogP) is 4.72. The minimum atomic E-state index is -0.551. The zero-order valence-electron chi connectivity index (χ0n) is 16.5. The molecule has 0 saturated carbocycles. The molecule has 0 aromatic heterocycles. The Kier molecular flexibility index (Phi) is 8.23. The van der Waals surface area contributed by atoms with Crippen molar-refractivity contribution in [2.75, 3.05) is 0 Å². The van der Waals surface area contributed by atoms with E-state index < -0.39 is 5.60 Å². The molecule has 146 valence electrons. The number of hydrogen-bond donors (Lipinski definition) is 3. The first kappa shape index (κ1) is 21.4. The van der Waals surface area contributed by atoms with Crippen LogP contribution in [-0.2, 0) is 19.6 Å². The fourth-order valence-corrected chi connectivity index (χ4v) is 3.10. The molecule has 0 spiro atoms. The SMILES string of the molecule is CC(C)(O)CCCCCc1ccc(C=Cc2ccc(CO)c(CO)c2)cc1. The van der Waals surface area contributed by atoms with Crippen molar-refractivity contribution < 1.29 is 15.3 Å². The average molecular weight is 369 g/mol. The molecule has 2 aromatic rings. The molecule has 3 nitrogen and oxygen atoms in total. The van der Waals surface area contributed by atoms with Crippen LogP contribution in [0.2, 0.25) is 0 Å². The molecular weight excluding hydrogens is 336 g/mol. The third-order valence-corrected chi connectivity index (χ3v) is 4.77. The van der Waals surface area contributed by atoms with E-state index >= 15 is 0 Å². The Morgan fingerprint density at radius 2 is 1.41 bits per heavy atom. The molecule has 0 fully saturated rings. The fourth-order valence-electron chi connectivity index (χ4n) is 3.10. The molecule has 0 heterocycles. The summed E-state index contributed by atoms with van der Waals surface area (Å²) in [6.45, 7) is 3.61. The van der Waals surface area contributed by atoms with Crippen LogP contribution in [0.3, 0.4) is 0 Å². The minimum absolute atomic E-state index is 0.0564. The van der Waals surface area contributed by atoms with Crippen LogP contribution in [0, 0.1) is 0 Å². The van der Waals surface area contributed by atoms with Crippen LogP contribution in [0.1, 0.15) is 67.3 Å². The zero-order chi connectivity index (χ0) is 19.7. The van der Waals surface area contributed by atoms with Crippen molar-refractivity contribution in [3.8, 4) is 0 Å². The van der Waals surface area contributed by atoms with E-state index in [0.29, 0.717) is 0 Å². The molecule has 27 heavy (non-hydrogen) atoms. The van der Waals surface area contributed by atoms with E-state index in [2.05, 4.69) is 30.3 Å². The summed E-state index contributed by atoms with van der Waals surface area (Å²) in [4.78, 5) is 0. The molecule has 0 radical (unpaired) electrons. The predicted molar refractivity (Wildman–Crippen MR) is 112 cm³/mol. The Hall–Kier alpha value is -1.94. The molecule has 0 saturated heterocycles. The molecule has 0 atom stereocenters. The maximum Gasteiger partial charge on any atom is 0.0685 e. The molecule has 3 heteroatoms. The van der Waals surface area contributed by atoms with Gasteiger partial charge in [-0.2, -0.15) is 0 Å². The summed E-state index contributed by atoms with van der Waals surface area (Å²) in [6.07, 6.45) is 9.35. The minimum Gasteiger partial charge on any atom is -0.392 e. The molecule has 2 aromatic carbocycles. The van der Waals surface area contributed by atoms with Crippen LogP contribution >= 0.6 is 0 Å². The van der Waals surface area contributed by atoms with Gasteiger partial charge in [0.05, 0.1) is 18.8 Å². The molecule has 3 N–H and O–H groups in total. The molecule has 0 aliphatic rings. The molecule has 0 bridgehead atoms. The molecule has 0 amide bonds. The largest absolute Gasteiger partial charge is 0.392 e. The number of hydrogen-bond acceptors (Lipinski definition) is 3. The first-order valence-corrected chi connectivity index (χ1v) is 9.74. The first-order valence-electron chi connectivity index (χ1n) is 9.74. The van der Waals surface area contributed by atoms with Crippen LogP contribution in [0.25, 0.3) is 12.2 Å². The van der Waals surface area contributed by atoms with Gasteiger partial charge in [0, 0.05) is 0 Å². The maximum atomic E-state index is 9.72. The summed E-state index contributed by atoms with van der Waals surface area (Å²) in [7, 11) is 0. The van der Waals surface area contributed by atoms with Crippen molar-refractivity contribution in [1.29, 1.82) is 0 Å². The monoisotopic (exact) mass is 368 g/mol. The van der Waals surface area contributed by atoms with Crippen molar-refractivity contribution >= 4 is 12.2 Å². The Bertz CT molecular complexity index is 724. The van der Waals surface area contributed by atoms with Crippen LogP contribution in [-0.4, -0.2) is 20.9 Å². The smallest absolute Gasteiger partial charge is 0.0685 e. The fraction of sp³-hybridized carbons (Fsp3) is 0.417. The quantitative estimate of drug-likeness (QED) is 0.420. The van der Waals surface area contributed by atoms with Crippen molar-refractivity contribution in [3.63, 3.8) is 0 Å². The van der Waals surface area contributed by atoms with E-state index in [-0.39, 0.29) is 13.2 Å². The number of unbranched alkanes of at least 4 members (excludes halogenated alkanes) is 2. The average Bonchev–Trinajstić information content (AvgIpc) is 2.66. The van der Waals surface area contributed by atoms with Crippen molar-refractivity contribution in [2.24, 2.45) is 0 Å². The first-order chi connectivity index (χ1) is 12.9. The number of aliphatic hydroxyl groups excluding tert-OH is 2. The van der Waals surface area contributed by atoms with E-state index in [1.165, 1.54) is 5.56 Å². The van der Waals surface area contributed by atoms with Gasteiger partial charge in [0.2, 0.25) is 0 Å². The van der Waals surface area contributed by atoms with Crippen molar-refractivity contribution in [3.05, 3.63) is 70.3 Å². The highest BCUT2D eigenvalue weighted by Gasteiger charge is 2.10. The van der Waals surface area contributed by atoms with E-state index in [1.807, 2.05) is 38.1 Å². The normalized spacial score (nSPS) is 12.0. The highest BCUT2D eigenvalue weighted by Crippen LogP contribution is 2.17. The number of benzene rings is 2. The Balaban J connectivity index is 1.85. The third kappa shape index (κ3) is 7.67. The lowest BCUT2D eigenvalue weighted by molar-refractivity contribution is 0.0681. The Morgan fingerprint density at radius 1 is 0.778 bits per heavy atom. The number of aliphatic hydroxyl groups is 3. The van der Waals surface area contributed by atoms with Gasteiger partial charge in [-0.3, -0.25) is 0 Å². The lowest BCUT2D eigenvalue weighted by Gasteiger charge is -2.16. The summed E-state index contributed by atoms with van der Waals surface area (Å²) in [5, 5.41) is 28.4. The zero-order valence-corrected chi connectivity index (χ0v) is 16.5. The topological polar surface area (TPSA) is 60.7 Å². The summed E-state index contributed by atoms with van der Waals surface area (Å²) >= 11 is 0. The summed E-state index contributed by atoms with van der Waals surface area (Å²) < 4.78 is 0. The second-order valence-electron chi connectivity index (χ2n) is 7.79. The lowest BCUT2D eigenvalue weighted by Crippen LogP contribution is -2.17. The molecule has 0 aliphatic carbocycles. The highest BCUT2D eigenvalue weighted by atomic mass is 16.3. The van der Waals surface area contributed by atoms with Gasteiger partial charge < -0.3 is 15.3 Å². The van der Waals surface area contributed by atoms with Crippen molar-refractivity contribution in [1.82, 2.24) is 0 Å². The van der Waals surface area contributed by atoms with E-state index in [1.54, 1.807) is 0 Å². The van der Waals surface area contributed by atoms with E-state index in [0.717, 1.165) is 54.4 Å². The van der Waals surface area contributed by atoms with Gasteiger partial charge in [0.1, 0.15) is 0 Å². The van der Waals surface area contributed by atoms with Gasteiger partial charge in [0.15, 0.2) is 0 Å². The number of aryl methyl sites for hydroxylation is 1. The summed E-state index contributed by atoms with van der Waals surface area (Å²) in [6, 6.07) is 14.3. The third-order valence-electron chi connectivity index (χ3n) is 4.77. The second kappa shape index (κ2) is 10.4. The molecule has 0 unspecified atom stereocenters. The Morgan fingerprint density at radius 3 is 2.04 bits per heavy atom. The van der Waals surface area contributed by atoms with Gasteiger partial charge in [-0.1, -0.05) is 61.4 Å². The van der Waals surface area contributed by atoms with Gasteiger partial charge in [-0.05, 0) is 67.0 Å². The molecular formula is C24H32O3. The van der Waals surface area contributed by atoms with Crippen LogP contribution in [0.5, 0.6) is 0 Å². The van der Waals surface area contributed by atoms with Gasteiger partial charge >= 0.3 is 0 Å². The van der Waals surface area contributed by atoms with Gasteiger partial charge in [-0.25, -0.2) is 0 Å². The van der Waals surface area contributed by atoms with Gasteiger partial charge in [-0.15, -0.1) is 0 Å². The lowest BCUT2D eigenvalue weighted by atomic mass is 9.99. The van der Waals surface area contributed by atoms with Crippen LogP contribution < -0.4 is 0 Å². The maximum absolute atomic E-state index is 9.72. The van der Waals surface area contributed by atoms with Crippen molar-refractivity contribution in [2.45, 2.75) is 64.8 Å². The van der Waals surface area contributed by atoms with Crippen LogP contribution in [0.15, 0.2) is 42.5 Å². The second-order valence-corrected chi connectivity index (χ2v) is 7.79. The van der Waals surface area contributed by atoms with Gasteiger partial charge in [0.25, 0.3) is 0 Å². The summed E-state index contributed by atoms with van der Waals surface area (Å²) in [5.74, 6) is 0. The molecule has 2 rings (SSSR count). The number of rotatable bonds is 10. The Labute approximate surface area is 163 Å². The standard InChI is InChI=1S/C24H32O3/c1-24(2,27)15-5-3-4-6-19-7-9-20(10-8-19)11-12-21-13-14-22(17-25)23(16-21)18-26/h7-14,16,25-27H,3-6,15,17-18H2,1-2H3. The van der Waals surface area contributed by atoms with E-state index in [4.69, 9.17) is 0 Å².